The molecule has 0 unspecified atom stereocenters. The van der Waals surface area contributed by atoms with Crippen LogP contribution in [0.1, 0.15) is 25.5 Å². The molecule has 0 aliphatic heterocycles. The summed E-state index contributed by atoms with van der Waals surface area (Å²) in [6.07, 6.45) is 0. The highest BCUT2D eigenvalue weighted by Gasteiger charge is 2.38. The molecular formula is C12H15ClF3NO2. The number of rotatable bonds is 3. The topological polar surface area (TPSA) is 52.3 Å². The molecule has 0 aliphatic rings. The summed E-state index contributed by atoms with van der Waals surface area (Å²) in [6, 6.07) is 0.629. The second-order valence-electron chi connectivity index (χ2n) is 4.46. The van der Waals surface area contributed by atoms with E-state index < -0.39 is 34.9 Å². The number of halogens is 4. The predicted molar refractivity (Wildman–Crippen MR) is 66.3 cm³/mol. The fraction of sp³-hybridized carbons (Fsp3) is 0.417. The molecule has 0 radical (unpaired) electrons. The van der Waals surface area contributed by atoms with E-state index >= 15 is 0 Å². The van der Waals surface area contributed by atoms with Gasteiger partial charge in [0.25, 0.3) is 0 Å². The minimum absolute atomic E-state index is 0. The first-order valence-corrected chi connectivity index (χ1v) is 5.20. The molecule has 1 atom stereocenters. The lowest BCUT2D eigenvalue weighted by atomic mass is 9.81. The van der Waals surface area contributed by atoms with E-state index in [1.54, 1.807) is 0 Å². The highest BCUT2D eigenvalue weighted by Crippen LogP contribution is 2.34. The molecule has 0 heterocycles. The highest BCUT2D eigenvalue weighted by molar-refractivity contribution is 5.85. The number of hydrogen-bond donors (Lipinski definition) is 1. The molecule has 2 N–H and O–H groups in total. The van der Waals surface area contributed by atoms with Gasteiger partial charge in [0.2, 0.25) is 0 Å². The van der Waals surface area contributed by atoms with Gasteiger partial charge in [0.1, 0.15) is 0 Å². The Balaban J connectivity index is 0.00000324. The summed E-state index contributed by atoms with van der Waals surface area (Å²) >= 11 is 0. The Morgan fingerprint density at radius 1 is 1.26 bits per heavy atom. The lowest BCUT2D eigenvalue weighted by molar-refractivity contribution is -0.152. The zero-order valence-corrected chi connectivity index (χ0v) is 11.5. The zero-order chi connectivity index (χ0) is 14.1. The molecule has 7 heteroatoms. The Bertz CT molecular complexity index is 480. The Labute approximate surface area is 115 Å². The van der Waals surface area contributed by atoms with Crippen molar-refractivity contribution in [2.45, 2.75) is 19.9 Å². The van der Waals surface area contributed by atoms with Crippen LogP contribution >= 0.6 is 12.4 Å². The van der Waals surface area contributed by atoms with Crippen LogP contribution in [0.3, 0.4) is 0 Å². The predicted octanol–water partition coefficient (Wildman–Crippen LogP) is 2.72. The second kappa shape index (κ2) is 6.25. The summed E-state index contributed by atoms with van der Waals surface area (Å²) < 4.78 is 44.0. The Kier molecular flexibility index (Phi) is 5.83. The van der Waals surface area contributed by atoms with E-state index in [1.165, 1.54) is 21.0 Å². The van der Waals surface area contributed by atoms with Crippen molar-refractivity contribution in [3.8, 4) is 0 Å². The molecule has 3 nitrogen and oxygen atoms in total. The van der Waals surface area contributed by atoms with Gasteiger partial charge in [0.15, 0.2) is 17.5 Å². The van der Waals surface area contributed by atoms with Crippen LogP contribution in [0.2, 0.25) is 0 Å². The monoisotopic (exact) mass is 297 g/mol. The molecule has 1 rings (SSSR count). The number of hydrogen-bond acceptors (Lipinski definition) is 3. The molecule has 0 fully saturated rings. The maximum Gasteiger partial charge on any atom is 0.313 e. The molecule has 0 saturated carbocycles. The molecule has 0 spiro atoms. The van der Waals surface area contributed by atoms with Crippen LogP contribution in [-0.2, 0) is 9.53 Å². The highest BCUT2D eigenvalue weighted by atomic mass is 35.5. The van der Waals surface area contributed by atoms with E-state index in [2.05, 4.69) is 4.74 Å². The standard InChI is InChI=1S/C12H14F3NO2.ClH/c1-12(2,11(17)18-3)10(16)6-4-5-7(13)9(15)8(6)14;/h4-5,10H,16H2,1-3H3;1H/t10-;/m0./s1. The third-order valence-electron chi connectivity index (χ3n) is 2.89. The first-order valence-electron chi connectivity index (χ1n) is 5.20. The van der Waals surface area contributed by atoms with Crippen LogP contribution in [-0.4, -0.2) is 13.1 Å². The van der Waals surface area contributed by atoms with E-state index in [0.29, 0.717) is 0 Å². The van der Waals surface area contributed by atoms with Crippen molar-refractivity contribution in [3.63, 3.8) is 0 Å². The lowest BCUT2D eigenvalue weighted by Gasteiger charge is -2.29. The lowest BCUT2D eigenvalue weighted by Crippen LogP contribution is -2.38. The van der Waals surface area contributed by atoms with E-state index in [-0.39, 0.29) is 18.0 Å². The van der Waals surface area contributed by atoms with Crippen LogP contribution < -0.4 is 5.73 Å². The van der Waals surface area contributed by atoms with Crippen molar-refractivity contribution in [2.24, 2.45) is 11.1 Å². The van der Waals surface area contributed by atoms with Crippen LogP contribution in [0.5, 0.6) is 0 Å². The smallest absolute Gasteiger partial charge is 0.313 e. The van der Waals surface area contributed by atoms with E-state index in [0.717, 1.165) is 12.1 Å². The fourth-order valence-corrected chi connectivity index (χ4v) is 1.56. The molecule has 1 aromatic carbocycles. The maximum absolute atomic E-state index is 13.6. The quantitative estimate of drug-likeness (QED) is 0.689. The second-order valence-corrected chi connectivity index (χ2v) is 4.46. The van der Waals surface area contributed by atoms with Gasteiger partial charge in [-0.05, 0) is 19.9 Å². The third-order valence-corrected chi connectivity index (χ3v) is 2.89. The number of methoxy groups -OCH3 is 1. The van der Waals surface area contributed by atoms with Gasteiger partial charge in [-0.3, -0.25) is 4.79 Å². The first kappa shape index (κ1) is 17.7. The van der Waals surface area contributed by atoms with Gasteiger partial charge < -0.3 is 10.5 Å². The number of carbonyl (C=O) groups is 1. The molecule has 1 aromatic rings. The van der Waals surface area contributed by atoms with Crippen molar-refractivity contribution >= 4 is 18.4 Å². The molecule has 0 amide bonds. The van der Waals surface area contributed by atoms with Gasteiger partial charge in [-0.15, -0.1) is 12.4 Å². The third kappa shape index (κ3) is 3.19. The van der Waals surface area contributed by atoms with Crippen molar-refractivity contribution in [3.05, 3.63) is 35.1 Å². The van der Waals surface area contributed by atoms with Crippen molar-refractivity contribution in [1.82, 2.24) is 0 Å². The summed E-state index contributed by atoms with van der Waals surface area (Å²) in [5.41, 5.74) is 4.20. The van der Waals surface area contributed by atoms with Gasteiger partial charge in [-0.25, -0.2) is 13.2 Å². The van der Waals surface area contributed by atoms with Crippen molar-refractivity contribution in [1.29, 1.82) is 0 Å². The van der Waals surface area contributed by atoms with Crippen molar-refractivity contribution in [2.75, 3.05) is 7.11 Å². The molecule has 0 aromatic heterocycles. The van der Waals surface area contributed by atoms with Gasteiger partial charge in [-0.1, -0.05) is 6.07 Å². The van der Waals surface area contributed by atoms with Gasteiger partial charge in [-0.2, -0.15) is 0 Å². The fourth-order valence-electron chi connectivity index (χ4n) is 1.56. The normalized spacial score (nSPS) is 12.6. The average Bonchev–Trinajstić information content (AvgIpc) is 2.34. The van der Waals surface area contributed by atoms with E-state index in [4.69, 9.17) is 5.73 Å². The Hall–Kier alpha value is -1.27. The molecule has 19 heavy (non-hydrogen) atoms. The first-order chi connectivity index (χ1) is 8.23. The molecule has 0 saturated heterocycles. The van der Waals surface area contributed by atoms with Gasteiger partial charge >= 0.3 is 5.97 Å². The minimum atomic E-state index is -1.61. The molecule has 0 bridgehead atoms. The minimum Gasteiger partial charge on any atom is -0.469 e. The number of ether oxygens (including phenoxy) is 1. The SMILES string of the molecule is COC(=O)C(C)(C)[C@@H](N)c1ccc(F)c(F)c1F.Cl. The average molecular weight is 298 g/mol. The van der Waals surface area contributed by atoms with Crippen LogP contribution in [0.15, 0.2) is 12.1 Å². The van der Waals surface area contributed by atoms with Crippen LogP contribution in [0.4, 0.5) is 13.2 Å². The van der Waals surface area contributed by atoms with E-state index in [1.807, 2.05) is 0 Å². The molecule has 0 aliphatic carbocycles. The van der Waals surface area contributed by atoms with Crippen molar-refractivity contribution < 1.29 is 22.7 Å². The summed E-state index contributed by atoms with van der Waals surface area (Å²) in [7, 11) is 1.17. The van der Waals surface area contributed by atoms with E-state index in [9.17, 15) is 18.0 Å². The largest absolute Gasteiger partial charge is 0.469 e. The summed E-state index contributed by atoms with van der Waals surface area (Å²) in [4.78, 5) is 11.5. The summed E-state index contributed by atoms with van der Waals surface area (Å²) in [6.45, 7) is 2.87. The number of nitrogens with two attached hydrogens (primary N) is 1. The molecule has 108 valence electrons. The van der Waals surface area contributed by atoms with Gasteiger partial charge in [0, 0.05) is 11.6 Å². The van der Waals surface area contributed by atoms with Crippen LogP contribution in [0, 0.1) is 22.9 Å². The number of benzene rings is 1. The van der Waals surface area contributed by atoms with Crippen LogP contribution in [0.25, 0.3) is 0 Å². The number of carbonyl (C=O) groups excluding carboxylic acids is 1. The maximum atomic E-state index is 13.6. The zero-order valence-electron chi connectivity index (χ0n) is 10.7. The summed E-state index contributed by atoms with van der Waals surface area (Å²) in [5, 5.41) is 0. The Morgan fingerprint density at radius 3 is 2.26 bits per heavy atom. The van der Waals surface area contributed by atoms with Gasteiger partial charge in [0.05, 0.1) is 12.5 Å². The Morgan fingerprint density at radius 2 is 1.79 bits per heavy atom. The summed E-state index contributed by atoms with van der Waals surface area (Å²) in [5.74, 6) is -4.97. The molecular weight excluding hydrogens is 283 g/mol. The number of esters is 1.